The highest BCUT2D eigenvalue weighted by atomic mass is 32.1. The standard InChI is InChI=1S/C10H11NOS/c1-6-3-4-9-8(5-6)11-10(13-9)7(2)12/h3-5,7,12H,1-2H3. The number of rotatable bonds is 1. The van der Waals surface area contributed by atoms with Crippen LogP contribution in [-0.4, -0.2) is 10.1 Å². The summed E-state index contributed by atoms with van der Waals surface area (Å²) in [4.78, 5) is 4.34. The molecule has 1 aromatic carbocycles. The van der Waals surface area contributed by atoms with E-state index in [0.29, 0.717) is 0 Å². The van der Waals surface area contributed by atoms with Gasteiger partial charge in [-0.05, 0) is 31.5 Å². The lowest BCUT2D eigenvalue weighted by atomic mass is 10.2. The van der Waals surface area contributed by atoms with E-state index in [4.69, 9.17) is 0 Å². The van der Waals surface area contributed by atoms with Crippen molar-refractivity contribution in [3.05, 3.63) is 28.8 Å². The van der Waals surface area contributed by atoms with E-state index in [9.17, 15) is 5.11 Å². The first kappa shape index (κ1) is 8.66. The van der Waals surface area contributed by atoms with Gasteiger partial charge < -0.3 is 5.11 Å². The molecule has 0 fully saturated rings. The van der Waals surface area contributed by atoms with Gasteiger partial charge in [0.1, 0.15) is 11.1 Å². The maximum absolute atomic E-state index is 9.34. The van der Waals surface area contributed by atoms with Crippen molar-refractivity contribution in [2.24, 2.45) is 0 Å². The molecule has 0 saturated carbocycles. The van der Waals surface area contributed by atoms with Crippen LogP contribution < -0.4 is 0 Å². The minimum absolute atomic E-state index is 0.460. The molecule has 0 aliphatic heterocycles. The highest BCUT2D eigenvalue weighted by molar-refractivity contribution is 7.18. The highest BCUT2D eigenvalue weighted by Crippen LogP contribution is 2.26. The summed E-state index contributed by atoms with van der Waals surface area (Å²) in [5, 5.41) is 10.1. The van der Waals surface area contributed by atoms with Gasteiger partial charge in [-0.3, -0.25) is 0 Å². The van der Waals surface area contributed by atoms with Crippen molar-refractivity contribution in [3.63, 3.8) is 0 Å². The SMILES string of the molecule is Cc1ccc2sc(C(C)O)nc2c1. The third-order valence-electron chi connectivity index (χ3n) is 1.92. The van der Waals surface area contributed by atoms with E-state index in [1.165, 1.54) is 5.56 Å². The number of hydrogen-bond acceptors (Lipinski definition) is 3. The summed E-state index contributed by atoms with van der Waals surface area (Å²) >= 11 is 1.55. The molecule has 68 valence electrons. The monoisotopic (exact) mass is 193 g/mol. The highest BCUT2D eigenvalue weighted by Gasteiger charge is 2.07. The Morgan fingerprint density at radius 1 is 1.46 bits per heavy atom. The second-order valence-electron chi connectivity index (χ2n) is 3.20. The van der Waals surface area contributed by atoms with Crippen LogP contribution in [0.25, 0.3) is 10.2 Å². The van der Waals surface area contributed by atoms with Gasteiger partial charge in [0.2, 0.25) is 0 Å². The maximum Gasteiger partial charge on any atom is 0.122 e. The van der Waals surface area contributed by atoms with Gasteiger partial charge in [-0.25, -0.2) is 4.98 Å². The van der Waals surface area contributed by atoms with Crippen LogP contribution in [0.15, 0.2) is 18.2 Å². The quantitative estimate of drug-likeness (QED) is 0.755. The van der Waals surface area contributed by atoms with E-state index in [1.54, 1.807) is 18.3 Å². The topological polar surface area (TPSA) is 33.1 Å². The van der Waals surface area contributed by atoms with Crippen molar-refractivity contribution in [3.8, 4) is 0 Å². The summed E-state index contributed by atoms with van der Waals surface area (Å²) in [6, 6.07) is 6.15. The fourth-order valence-corrected chi connectivity index (χ4v) is 2.12. The smallest absolute Gasteiger partial charge is 0.122 e. The fourth-order valence-electron chi connectivity index (χ4n) is 1.23. The Morgan fingerprint density at radius 2 is 2.23 bits per heavy atom. The van der Waals surface area contributed by atoms with E-state index in [2.05, 4.69) is 11.1 Å². The number of aromatic nitrogens is 1. The Labute approximate surface area is 80.9 Å². The fraction of sp³-hybridized carbons (Fsp3) is 0.300. The Hall–Kier alpha value is -0.930. The zero-order chi connectivity index (χ0) is 9.42. The van der Waals surface area contributed by atoms with Crippen LogP contribution in [-0.2, 0) is 0 Å². The van der Waals surface area contributed by atoms with Crippen molar-refractivity contribution in [2.45, 2.75) is 20.0 Å². The van der Waals surface area contributed by atoms with Crippen LogP contribution in [0.5, 0.6) is 0 Å². The van der Waals surface area contributed by atoms with Crippen LogP contribution in [0, 0.1) is 6.92 Å². The normalized spacial score (nSPS) is 13.5. The summed E-state index contributed by atoms with van der Waals surface area (Å²) in [6.45, 7) is 3.78. The van der Waals surface area contributed by atoms with Crippen molar-refractivity contribution >= 4 is 21.6 Å². The predicted molar refractivity (Wildman–Crippen MR) is 55.0 cm³/mol. The van der Waals surface area contributed by atoms with Gasteiger partial charge in [-0.1, -0.05) is 6.07 Å². The number of aliphatic hydroxyl groups is 1. The molecule has 0 saturated heterocycles. The molecule has 2 rings (SSSR count). The van der Waals surface area contributed by atoms with Crippen LogP contribution in [0.3, 0.4) is 0 Å². The average molecular weight is 193 g/mol. The Kier molecular flexibility index (Phi) is 2.06. The molecular weight excluding hydrogens is 182 g/mol. The molecule has 1 heterocycles. The molecule has 0 aliphatic carbocycles. The third-order valence-corrected chi connectivity index (χ3v) is 3.12. The first-order valence-electron chi connectivity index (χ1n) is 4.22. The maximum atomic E-state index is 9.34. The van der Waals surface area contributed by atoms with Gasteiger partial charge in [0, 0.05) is 0 Å². The number of nitrogens with zero attached hydrogens (tertiary/aromatic N) is 1. The number of fused-ring (bicyclic) bond motifs is 1. The van der Waals surface area contributed by atoms with Gasteiger partial charge >= 0.3 is 0 Å². The zero-order valence-electron chi connectivity index (χ0n) is 7.61. The molecule has 1 aromatic heterocycles. The Morgan fingerprint density at radius 3 is 2.92 bits per heavy atom. The second kappa shape index (κ2) is 3.09. The molecule has 2 nitrogen and oxygen atoms in total. The molecule has 0 spiro atoms. The number of benzene rings is 1. The molecule has 0 aliphatic rings. The summed E-state index contributed by atoms with van der Waals surface area (Å²) < 4.78 is 1.14. The van der Waals surface area contributed by atoms with Gasteiger partial charge in [0.05, 0.1) is 10.2 Å². The molecule has 0 amide bonds. The first-order chi connectivity index (χ1) is 6.16. The summed E-state index contributed by atoms with van der Waals surface area (Å²) in [5.41, 5.74) is 2.19. The Bertz CT molecular complexity index is 433. The minimum atomic E-state index is -0.460. The first-order valence-corrected chi connectivity index (χ1v) is 5.03. The summed E-state index contributed by atoms with van der Waals surface area (Å²) in [7, 11) is 0. The second-order valence-corrected chi connectivity index (χ2v) is 4.26. The van der Waals surface area contributed by atoms with Crippen molar-refractivity contribution < 1.29 is 5.11 Å². The number of hydrogen-bond donors (Lipinski definition) is 1. The summed E-state index contributed by atoms with van der Waals surface area (Å²) in [6.07, 6.45) is -0.460. The van der Waals surface area contributed by atoms with E-state index in [-0.39, 0.29) is 0 Å². The number of thiazole rings is 1. The van der Waals surface area contributed by atoms with Gasteiger partial charge in [0.15, 0.2) is 0 Å². The van der Waals surface area contributed by atoms with E-state index < -0.39 is 6.10 Å². The lowest BCUT2D eigenvalue weighted by molar-refractivity contribution is 0.199. The molecule has 1 atom stereocenters. The van der Waals surface area contributed by atoms with Crippen LogP contribution >= 0.6 is 11.3 Å². The van der Waals surface area contributed by atoms with Crippen LogP contribution in [0.2, 0.25) is 0 Å². The molecule has 0 radical (unpaired) electrons. The molecule has 0 bridgehead atoms. The molecule has 13 heavy (non-hydrogen) atoms. The lowest BCUT2D eigenvalue weighted by Crippen LogP contribution is -1.87. The van der Waals surface area contributed by atoms with E-state index in [1.807, 2.05) is 19.1 Å². The zero-order valence-corrected chi connectivity index (χ0v) is 8.43. The van der Waals surface area contributed by atoms with Crippen LogP contribution in [0.1, 0.15) is 23.6 Å². The van der Waals surface area contributed by atoms with Crippen molar-refractivity contribution in [1.29, 1.82) is 0 Å². The van der Waals surface area contributed by atoms with Gasteiger partial charge in [-0.2, -0.15) is 0 Å². The van der Waals surface area contributed by atoms with E-state index >= 15 is 0 Å². The third kappa shape index (κ3) is 1.57. The summed E-state index contributed by atoms with van der Waals surface area (Å²) in [5.74, 6) is 0. The Balaban J connectivity index is 2.62. The largest absolute Gasteiger partial charge is 0.386 e. The average Bonchev–Trinajstić information content (AvgIpc) is 2.46. The predicted octanol–water partition coefficient (Wildman–Crippen LogP) is 2.66. The molecule has 3 heteroatoms. The van der Waals surface area contributed by atoms with Gasteiger partial charge in [-0.15, -0.1) is 11.3 Å². The molecule has 1 unspecified atom stereocenters. The van der Waals surface area contributed by atoms with E-state index in [0.717, 1.165) is 15.2 Å². The molecule has 1 N–H and O–H groups in total. The molecular formula is C10H11NOS. The lowest BCUT2D eigenvalue weighted by Gasteiger charge is -1.93. The van der Waals surface area contributed by atoms with Gasteiger partial charge in [0.25, 0.3) is 0 Å². The van der Waals surface area contributed by atoms with Crippen molar-refractivity contribution in [1.82, 2.24) is 4.98 Å². The minimum Gasteiger partial charge on any atom is -0.386 e. The van der Waals surface area contributed by atoms with Crippen molar-refractivity contribution in [2.75, 3.05) is 0 Å². The number of aliphatic hydroxyl groups excluding tert-OH is 1. The number of aryl methyl sites for hydroxylation is 1. The molecule has 2 aromatic rings. The van der Waals surface area contributed by atoms with Crippen LogP contribution in [0.4, 0.5) is 0 Å².